The topological polar surface area (TPSA) is 38.3 Å². The Morgan fingerprint density at radius 1 is 1.39 bits per heavy atom. The zero-order chi connectivity index (χ0) is 13.9. The maximum atomic E-state index is 13.2. The first kappa shape index (κ1) is 15.0. The van der Waals surface area contributed by atoms with Crippen molar-refractivity contribution in [1.82, 2.24) is 5.32 Å². The third-order valence-electron chi connectivity index (χ3n) is 2.12. The first-order valence-corrected chi connectivity index (χ1v) is 6.42. The van der Waals surface area contributed by atoms with Gasteiger partial charge in [-0.3, -0.25) is 0 Å². The van der Waals surface area contributed by atoms with E-state index in [0.29, 0.717) is 10.0 Å². The number of carbonyl (C=O) groups is 1. The van der Waals surface area contributed by atoms with Crippen LogP contribution in [0.25, 0.3) is 0 Å². The monoisotopic (exact) mass is 317 g/mol. The van der Waals surface area contributed by atoms with Crippen LogP contribution in [-0.4, -0.2) is 11.7 Å². The van der Waals surface area contributed by atoms with Crippen LogP contribution in [0, 0.1) is 5.82 Å². The summed E-state index contributed by atoms with van der Waals surface area (Å²) in [6.45, 7) is 7.13. The number of rotatable bonds is 2. The minimum absolute atomic E-state index is 0.327. The number of hydrogen-bond acceptors (Lipinski definition) is 2. The van der Waals surface area contributed by atoms with Crippen LogP contribution in [0.2, 0.25) is 0 Å². The highest BCUT2D eigenvalue weighted by Gasteiger charge is 2.18. The van der Waals surface area contributed by atoms with E-state index in [-0.39, 0.29) is 11.9 Å². The van der Waals surface area contributed by atoms with E-state index in [1.807, 2.05) is 0 Å². The van der Waals surface area contributed by atoms with Crippen LogP contribution in [0.3, 0.4) is 0 Å². The van der Waals surface area contributed by atoms with Gasteiger partial charge in [-0.1, -0.05) is 15.9 Å². The lowest BCUT2D eigenvalue weighted by Gasteiger charge is -2.22. The molecule has 0 aliphatic heterocycles. The molecule has 0 saturated carbocycles. The summed E-state index contributed by atoms with van der Waals surface area (Å²) in [5.74, 6) is -0.350. The number of amides is 1. The van der Waals surface area contributed by atoms with Crippen LogP contribution in [0.1, 0.15) is 39.3 Å². The number of nitrogens with one attached hydrogen (secondary N) is 1. The van der Waals surface area contributed by atoms with Crippen molar-refractivity contribution >= 4 is 22.0 Å². The van der Waals surface area contributed by atoms with E-state index in [1.165, 1.54) is 12.1 Å². The van der Waals surface area contributed by atoms with Gasteiger partial charge in [0.05, 0.1) is 6.04 Å². The van der Waals surface area contributed by atoms with Crippen molar-refractivity contribution in [3.63, 3.8) is 0 Å². The quantitative estimate of drug-likeness (QED) is 0.888. The second kappa shape index (κ2) is 5.69. The molecule has 3 nitrogen and oxygen atoms in total. The molecular weight excluding hydrogens is 301 g/mol. The van der Waals surface area contributed by atoms with Gasteiger partial charge in [-0.25, -0.2) is 9.18 Å². The fourth-order valence-corrected chi connectivity index (χ4v) is 1.88. The molecule has 0 aromatic heterocycles. The summed E-state index contributed by atoms with van der Waals surface area (Å²) in [7, 11) is 0. The summed E-state index contributed by atoms with van der Waals surface area (Å²) in [5.41, 5.74) is 0.125. The minimum atomic E-state index is -0.549. The van der Waals surface area contributed by atoms with Crippen molar-refractivity contribution in [2.24, 2.45) is 0 Å². The molecule has 1 aromatic rings. The minimum Gasteiger partial charge on any atom is -0.444 e. The lowest BCUT2D eigenvalue weighted by Crippen LogP contribution is -2.34. The van der Waals surface area contributed by atoms with Gasteiger partial charge in [-0.2, -0.15) is 0 Å². The van der Waals surface area contributed by atoms with Crippen molar-refractivity contribution in [2.45, 2.75) is 39.3 Å². The van der Waals surface area contributed by atoms with E-state index < -0.39 is 11.7 Å². The fraction of sp³-hybridized carbons (Fsp3) is 0.462. The zero-order valence-electron chi connectivity index (χ0n) is 10.9. The van der Waals surface area contributed by atoms with Gasteiger partial charge in [-0.05, 0) is 51.5 Å². The van der Waals surface area contributed by atoms with Crippen molar-refractivity contribution in [2.75, 3.05) is 0 Å². The molecule has 0 saturated heterocycles. The summed E-state index contributed by atoms with van der Waals surface area (Å²) >= 11 is 3.21. The Bertz CT molecular complexity index is 423. The summed E-state index contributed by atoms with van der Waals surface area (Å²) in [5, 5.41) is 2.66. The van der Waals surface area contributed by atoms with Gasteiger partial charge in [0.15, 0.2) is 0 Å². The average Bonchev–Trinajstić information content (AvgIpc) is 2.12. The Hall–Kier alpha value is -1.10. The molecule has 5 heteroatoms. The van der Waals surface area contributed by atoms with E-state index in [1.54, 1.807) is 33.8 Å². The third-order valence-corrected chi connectivity index (χ3v) is 2.58. The molecule has 0 heterocycles. The van der Waals surface area contributed by atoms with Gasteiger partial charge in [0.25, 0.3) is 0 Å². The predicted molar refractivity (Wildman–Crippen MR) is 71.9 cm³/mol. The molecule has 1 atom stereocenters. The molecule has 1 rings (SSSR count). The summed E-state index contributed by atoms with van der Waals surface area (Å²) < 4.78 is 19.0. The number of alkyl carbamates (subject to hydrolysis) is 1. The van der Waals surface area contributed by atoms with Gasteiger partial charge < -0.3 is 10.1 Å². The molecule has 0 radical (unpaired) electrons. The highest BCUT2D eigenvalue weighted by Crippen LogP contribution is 2.20. The van der Waals surface area contributed by atoms with E-state index >= 15 is 0 Å². The number of halogens is 2. The predicted octanol–water partition coefficient (Wildman–Crippen LogP) is 4.17. The number of hydrogen-bond donors (Lipinski definition) is 1. The Kier molecular flexibility index (Phi) is 4.73. The Balaban J connectivity index is 2.70. The van der Waals surface area contributed by atoms with Crippen LogP contribution in [0.4, 0.5) is 9.18 Å². The molecule has 18 heavy (non-hydrogen) atoms. The summed E-state index contributed by atoms with van der Waals surface area (Å²) in [4.78, 5) is 11.6. The standard InChI is InChI=1S/C13H17BrFNO2/c1-8(16-12(17)18-13(2,3)4)9-5-10(14)7-11(15)6-9/h5-8H,1-4H3,(H,16,17). The molecule has 1 N–H and O–H groups in total. The molecule has 1 unspecified atom stereocenters. The van der Waals surface area contributed by atoms with E-state index in [2.05, 4.69) is 21.2 Å². The molecule has 1 aromatic carbocycles. The molecule has 0 aliphatic rings. The van der Waals surface area contributed by atoms with Gasteiger partial charge in [0, 0.05) is 4.47 Å². The van der Waals surface area contributed by atoms with Crippen LogP contribution in [0.5, 0.6) is 0 Å². The van der Waals surface area contributed by atoms with Crippen LogP contribution >= 0.6 is 15.9 Å². The lowest BCUT2D eigenvalue weighted by atomic mass is 10.1. The van der Waals surface area contributed by atoms with Gasteiger partial charge in [0.1, 0.15) is 11.4 Å². The molecule has 0 fully saturated rings. The van der Waals surface area contributed by atoms with Crippen molar-refractivity contribution in [3.8, 4) is 0 Å². The molecule has 0 spiro atoms. The fourth-order valence-electron chi connectivity index (χ4n) is 1.39. The van der Waals surface area contributed by atoms with Gasteiger partial charge in [-0.15, -0.1) is 0 Å². The Morgan fingerprint density at radius 3 is 2.50 bits per heavy atom. The van der Waals surface area contributed by atoms with Gasteiger partial charge in [0.2, 0.25) is 0 Å². The molecule has 1 amide bonds. The molecule has 100 valence electrons. The van der Waals surface area contributed by atoms with Crippen molar-refractivity contribution < 1.29 is 13.9 Å². The Labute approximate surface area is 115 Å². The summed E-state index contributed by atoms with van der Waals surface area (Å²) in [6, 6.07) is 4.17. The van der Waals surface area contributed by atoms with Crippen LogP contribution in [0.15, 0.2) is 22.7 Å². The lowest BCUT2D eigenvalue weighted by molar-refractivity contribution is 0.0508. The second-order valence-electron chi connectivity index (χ2n) is 5.07. The molecule has 0 aliphatic carbocycles. The van der Waals surface area contributed by atoms with Crippen LogP contribution in [-0.2, 0) is 4.74 Å². The number of ether oxygens (including phenoxy) is 1. The average molecular weight is 318 g/mol. The van der Waals surface area contributed by atoms with E-state index in [0.717, 1.165) is 0 Å². The molecular formula is C13H17BrFNO2. The zero-order valence-corrected chi connectivity index (χ0v) is 12.5. The van der Waals surface area contributed by atoms with Crippen LogP contribution < -0.4 is 5.32 Å². The normalized spacial score (nSPS) is 13.0. The highest BCUT2D eigenvalue weighted by atomic mass is 79.9. The summed E-state index contributed by atoms with van der Waals surface area (Å²) in [6.07, 6.45) is -0.518. The van der Waals surface area contributed by atoms with Crippen molar-refractivity contribution in [3.05, 3.63) is 34.1 Å². The largest absolute Gasteiger partial charge is 0.444 e. The highest BCUT2D eigenvalue weighted by molar-refractivity contribution is 9.10. The number of benzene rings is 1. The Morgan fingerprint density at radius 2 is 2.00 bits per heavy atom. The van der Waals surface area contributed by atoms with E-state index in [9.17, 15) is 9.18 Å². The first-order chi connectivity index (χ1) is 8.17. The second-order valence-corrected chi connectivity index (χ2v) is 5.99. The number of carbonyl (C=O) groups excluding carboxylic acids is 1. The first-order valence-electron chi connectivity index (χ1n) is 5.63. The molecule has 0 bridgehead atoms. The maximum absolute atomic E-state index is 13.2. The van der Waals surface area contributed by atoms with Crippen molar-refractivity contribution in [1.29, 1.82) is 0 Å². The smallest absolute Gasteiger partial charge is 0.408 e. The van der Waals surface area contributed by atoms with Gasteiger partial charge >= 0.3 is 6.09 Å². The maximum Gasteiger partial charge on any atom is 0.408 e. The van der Waals surface area contributed by atoms with E-state index in [4.69, 9.17) is 4.74 Å². The SMILES string of the molecule is CC(NC(=O)OC(C)(C)C)c1cc(F)cc(Br)c1. The third kappa shape index (κ3) is 5.04.